The third-order valence-electron chi connectivity index (χ3n) is 4.96. The number of fused-ring (bicyclic) bond motifs is 1. The van der Waals surface area contributed by atoms with Crippen LogP contribution < -0.4 is 10.6 Å². The number of imidazole rings is 1. The van der Waals surface area contributed by atoms with E-state index in [0.717, 1.165) is 48.5 Å². The molecule has 0 aromatic carbocycles. The number of rotatable bonds is 9. The second kappa shape index (κ2) is 8.85. The van der Waals surface area contributed by atoms with Crippen LogP contribution in [0.3, 0.4) is 0 Å². The molecule has 29 heavy (non-hydrogen) atoms. The van der Waals surface area contributed by atoms with Gasteiger partial charge in [0.15, 0.2) is 17.0 Å². The van der Waals surface area contributed by atoms with Crippen LogP contribution in [-0.2, 0) is 17.9 Å². The van der Waals surface area contributed by atoms with Gasteiger partial charge in [-0.05, 0) is 24.5 Å². The Balaban J connectivity index is 1.56. The van der Waals surface area contributed by atoms with E-state index in [9.17, 15) is 4.79 Å². The van der Waals surface area contributed by atoms with Gasteiger partial charge in [0.2, 0.25) is 11.9 Å². The van der Waals surface area contributed by atoms with Crippen molar-refractivity contribution < 1.29 is 4.79 Å². The Morgan fingerprint density at radius 3 is 2.90 bits per heavy atom. The minimum Gasteiger partial charge on any atom is -0.368 e. The summed E-state index contributed by atoms with van der Waals surface area (Å²) in [5.74, 6) is 1.49. The van der Waals surface area contributed by atoms with E-state index in [2.05, 4.69) is 32.5 Å². The lowest BCUT2D eigenvalue weighted by Crippen LogP contribution is -2.28. The summed E-state index contributed by atoms with van der Waals surface area (Å²) >= 11 is 0. The van der Waals surface area contributed by atoms with Crippen molar-refractivity contribution in [3.63, 3.8) is 0 Å². The number of nitrogens with zero attached hydrogens (tertiary/aromatic N) is 6. The normalized spacial score (nSPS) is 14.0. The maximum absolute atomic E-state index is 11.9. The molecule has 0 saturated carbocycles. The first-order valence-electron chi connectivity index (χ1n) is 10.1. The lowest BCUT2D eigenvalue weighted by atomic mass is 10.3. The lowest BCUT2D eigenvalue weighted by Gasteiger charge is -2.16. The highest BCUT2D eigenvalue weighted by atomic mass is 16.2. The quantitative estimate of drug-likeness (QED) is 0.574. The van der Waals surface area contributed by atoms with Gasteiger partial charge in [0, 0.05) is 51.5 Å². The van der Waals surface area contributed by atoms with Crippen LogP contribution in [0.4, 0.5) is 11.8 Å². The smallest absolute Gasteiger partial charge is 0.227 e. The van der Waals surface area contributed by atoms with Crippen molar-refractivity contribution in [2.75, 3.05) is 30.3 Å². The number of pyridine rings is 1. The van der Waals surface area contributed by atoms with Crippen molar-refractivity contribution in [2.24, 2.45) is 0 Å². The van der Waals surface area contributed by atoms with E-state index >= 15 is 0 Å². The van der Waals surface area contributed by atoms with Gasteiger partial charge >= 0.3 is 0 Å². The molecule has 0 spiro atoms. The summed E-state index contributed by atoms with van der Waals surface area (Å²) in [4.78, 5) is 31.8. The highest BCUT2D eigenvalue weighted by Crippen LogP contribution is 2.21. The standard InChI is InChI=1S/C20H26N8O/c1-2-7-22-18-17-19(26-20(25-18)23-13-15-5-3-8-21-12-15)28(14-24-17)11-10-27-9-4-6-16(27)29/h3,5,8,12,14H,2,4,6-7,9-11,13H2,1H3,(H2,22,23,25,26). The van der Waals surface area contributed by atoms with Crippen molar-refractivity contribution >= 4 is 28.8 Å². The molecule has 0 atom stereocenters. The number of carbonyl (C=O) groups excluding carboxylic acids is 1. The van der Waals surface area contributed by atoms with Gasteiger partial charge in [-0.2, -0.15) is 9.97 Å². The van der Waals surface area contributed by atoms with E-state index < -0.39 is 0 Å². The number of carbonyl (C=O) groups is 1. The minimum atomic E-state index is 0.230. The van der Waals surface area contributed by atoms with E-state index in [0.29, 0.717) is 32.0 Å². The first-order valence-corrected chi connectivity index (χ1v) is 10.1. The van der Waals surface area contributed by atoms with E-state index in [1.165, 1.54) is 0 Å². The summed E-state index contributed by atoms with van der Waals surface area (Å²) in [7, 11) is 0. The highest BCUT2D eigenvalue weighted by molar-refractivity contribution is 5.84. The van der Waals surface area contributed by atoms with Gasteiger partial charge in [-0.15, -0.1) is 0 Å². The molecular formula is C20H26N8O. The average molecular weight is 394 g/mol. The zero-order chi connectivity index (χ0) is 20.1. The van der Waals surface area contributed by atoms with Crippen LogP contribution >= 0.6 is 0 Å². The number of hydrogen-bond acceptors (Lipinski definition) is 7. The summed E-state index contributed by atoms with van der Waals surface area (Å²) in [6.07, 6.45) is 7.94. The summed E-state index contributed by atoms with van der Waals surface area (Å²) < 4.78 is 2.00. The van der Waals surface area contributed by atoms with Gasteiger partial charge in [0.05, 0.1) is 6.33 Å². The molecule has 1 aliphatic heterocycles. The number of nitrogens with one attached hydrogen (secondary N) is 2. The van der Waals surface area contributed by atoms with Gasteiger partial charge in [0.25, 0.3) is 0 Å². The second-order valence-corrected chi connectivity index (χ2v) is 7.13. The predicted molar refractivity (Wildman–Crippen MR) is 111 cm³/mol. The molecule has 152 valence electrons. The topological polar surface area (TPSA) is 101 Å². The average Bonchev–Trinajstić information content (AvgIpc) is 3.35. The molecule has 9 nitrogen and oxygen atoms in total. The van der Waals surface area contributed by atoms with Gasteiger partial charge in [-0.1, -0.05) is 13.0 Å². The Morgan fingerprint density at radius 2 is 2.14 bits per heavy atom. The Morgan fingerprint density at radius 1 is 1.21 bits per heavy atom. The second-order valence-electron chi connectivity index (χ2n) is 7.13. The van der Waals surface area contributed by atoms with Crippen molar-refractivity contribution in [3.8, 4) is 0 Å². The minimum absolute atomic E-state index is 0.230. The van der Waals surface area contributed by atoms with Gasteiger partial charge < -0.3 is 20.1 Å². The molecule has 0 bridgehead atoms. The van der Waals surface area contributed by atoms with E-state index in [1.807, 2.05) is 27.8 Å². The number of hydrogen-bond donors (Lipinski definition) is 2. The van der Waals surface area contributed by atoms with E-state index in [1.54, 1.807) is 12.5 Å². The highest BCUT2D eigenvalue weighted by Gasteiger charge is 2.20. The van der Waals surface area contributed by atoms with Crippen LogP contribution in [0.1, 0.15) is 31.7 Å². The van der Waals surface area contributed by atoms with Crippen LogP contribution in [0, 0.1) is 0 Å². The molecule has 1 amide bonds. The molecule has 4 rings (SSSR count). The van der Waals surface area contributed by atoms with Gasteiger partial charge in [-0.3, -0.25) is 9.78 Å². The SMILES string of the molecule is CCCNc1nc(NCc2cccnc2)nc2c1ncn2CCN1CCCC1=O. The molecule has 3 aromatic rings. The fourth-order valence-corrected chi connectivity index (χ4v) is 3.41. The zero-order valence-corrected chi connectivity index (χ0v) is 16.6. The van der Waals surface area contributed by atoms with Crippen molar-refractivity contribution in [1.82, 2.24) is 29.4 Å². The molecule has 2 N–H and O–H groups in total. The Hall–Kier alpha value is -3.23. The van der Waals surface area contributed by atoms with Gasteiger partial charge in [0.1, 0.15) is 0 Å². The van der Waals surface area contributed by atoms with Crippen LogP contribution in [-0.4, -0.2) is 54.9 Å². The van der Waals surface area contributed by atoms with Crippen LogP contribution in [0.5, 0.6) is 0 Å². The Bertz CT molecular complexity index is 971. The number of amides is 1. The molecule has 0 aliphatic carbocycles. The predicted octanol–water partition coefficient (Wildman–Crippen LogP) is 2.28. The van der Waals surface area contributed by atoms with Gasteiger partial charge in [-0.25, -0.2) is 4.98 Å². The molecule has 1 aliphatic rings. The summed E-state index contributed by atoms with van der Waals surface area (Å²) in [6.45, 7) is 5.67. The maximum atomic E-state index is 11.9. The van der Waals surface area contributed by atoms with E-state index in [-0.39, 0.29) is 5.91 Å². The summed E-state index contributed by atoms with van der Waals surface area (Å²) in [6, 6.07) is 3.91. The molecule has 1 fully saturated rings. The van der Waals surface area contributed by atoms with Crippen molar-refractivity contribution in [3.05, 3.63) is 36.4 Å². The fraction of sp³-hybridized carbons (Fsp3) is 0.450. The largest absolute Gasteiger partial charge is 0.368 e. The van der Waals surface area contributed by atoms with Crippen LogP contribution in [0.25, 0.3) is 11.2 Å². The Kier molecular flexibility index (Phi) is 5.83. The molecule has 0 radical (unpaired) electrons. The first-order chi connectivity index (χ1) is 14.2. The third-order valence-corrected chi connectivity index (χ3v) is 4.96. The van der Waals surface area contributed by atoms with Crippen molar-refractivity contribution in [2.45, 2.75) is 39.3 Å². The van der Waals surface area contributed by atoms with E-state index in [4.69, 9.17) is 4.98 Å². The summed E-state index contributed by atoms with van der Waals surface area (Å²) in [5, 5.41) is 6.63. The van der Waals surface area contributed by atoms with Crippen LogP contribution in [0.15, 0.2) is 30.9 Å². The fourth-order valence-electron chi connectivity index (χ4n) is 3.41. The molecule has 0 unspecified atom stereocenters. The Labute approximate surface area is 169 Å². The van der Waals surface area contributed by atoms with Crippen molar-refractivity contribution in [1.29, 1.82) is 0 Å². The first kappa shape index (κ1) is 19.1. The molecule has 3 aromatic heterocycles. The maximum Gasteiger partial charge on any atom is 0.227 e. The molecule has 1 saturated heterocycles. The van der Waals surface area contributed by atoms with Crippen LogP contribution in [0.2, 0.25) is 0 Å². The third kappa shape index (κ3) is 4.44. The molecule has 4 heterocycles. The number of anilines is 2. The lowest BCUT2D eigenvalue weighted by molar-refractivity contribution is -0.127. The summed E-state index contributed by atoms with van der Waals surface area (Å²) in [5.41, 5.74) is 2.57. The monoisotopic (exact) mass is 394 g/mol. The zero-order valence-electron chi connectivity index (χ0n) is 16.6. The molecular weight excluding hydrogens is 368 g/mol. The number of likely N-dealkylation sites (tertiary alicyclic amines) is 1. The molecule has 9 heteroatoms. The number of aromatic nitrogens is 5.